The van der Waals surface area contributed by atoms with Gasteiger partial charge in [-0.05, 0) is 57.2 Å². The lowest BCUT2D eigenvalue weighted by Crippen LogP contribution is -2.43. The minimum absolute atomic E-state index is 0.0513. The van der Waals surface area contributed by atoms with Crippen LogP contribution in [0.3, 0.4) is 0 Å². The third kappa shape index (κ3) is 5.67. The topological polar surface area (TPSA) is 93.1 Å². The maximum absolute atomic E-state index is 13.4. The first-order valence-electron chi connectivity index (χ1n) is 11.9. The Morgan fingerprint density at radius 1 is 1.26 bits per heavy atom. The normalized spacial score (nSPS) is 19.4. The molecule has 0 bridgehead atoms. The number of ether oxygens (including phenoxy) is 2. The second-order valence-corrected chi connectivity index (χ2v) is 10.2. The van der Waals surface area contributed by atoms with Crippen LogP contribution in [0.1, 0.15) is 43.9 Å². The van der Waals surface area contributed by atoms with E-state index in [2.05, 4.69) is 10.3 Å². The van der Waals surface area contributed by atoms with Crippen LogP contribution < -0.4 is 10.1 Å². The number of hydrogen-bond donors (Lipinski definition) is 1. The number of carbonyl (C=O) groups is 2. The Bertz CT molecular complexity index is 1120. The lowest BCUT2D eigenvalue weighted by Gasteiger charge is -2.26. The first-order chi connectivity index (χ1) is 16.8. The van der Waals surface area contributed by atoms with Crippen molar-refractivity contribution in [2.24, 2.45) is 4.99 Å². The monoisotopic (exact) mass is 496 g/mol. The molecule has 186 valence electrons. The molecule has 1 atom stereocenters. The van der Waals surface area contributed by atoms with E-state index in [9.17, 15) is 9.59 Å². The maximum atomic E-state index is 13.4. The van der Waals surface area contributed by atoms with Crippen LogP contribution >= 0.6 is 11.8 Å². The van der Waals surface area contributed by atoms with Gasteiger partial charge < -0.3 is 14.8 Å². The second kappa shape index (κ2) is 10.8. The van der Waals surface area contributed by atoms with Crippen LogP contribution in [0.5, 0.6) is 5.88 Å². The number of nitrogens with zero attached hydrogens (tertiary/aromatic N) is 3. The molecule has 2 aliphatic rings. The molecule has 0 aliphatic carbocycles. The van der Waals surface area contributed by atoms with Gasteiger partial charge in [-0.3, -0.25) is 19.5 Å². The zero-order valence-corrected chi connectivity index (χ0v) is 21.5. The zero-order valence-electron chi connectivity index (χ0n) is 20.7. The molecular formula is C26H32N4O4S. The Hall–Kier alpha value is -2.91. The van der Waals surface area contributed by atoms with E-state index in [1.807, 2.05) is 55.3 Å². The van der Waals surface area contributed by atoms with Crippen LogP contribution in [0.4, 0.5) is 5.69 Å². The Labute approximate surface area is 210 Å². The molecule has 9 heteroatoms. The van der Waals surface area contributed by atoms with Gasteiger partial charge >= 0.3 is 5.97 Å². The standard InChI is InChI=1S/C26H32N4O4S/c1-5-33-23(31)15-30-11-10-26(16-30,35-4)25(32)29-20-8-6-18-13-28-24(21(18)12-20)19-7-9-22(27-14-19)34-17(2)3/h6-9,12,14,17H,5,10-11,13,15-16H2,1-4H3,(H,29,32)/t26-/m0/s1. The fourth-order valence-corrected chi connectivity index (χ4v) is 5.26. The number of thioether (sulfide) groups is 1. The summed E-state index contributed by atoms with van der Waals surface area (Å²) in [6.45, 7) is 8.07. The molecule has 2 aliphatic heterocycles. The van der Waals surface area contributed by atoms with Crippen LogP contribution in [-0.4, -0.2) is 70.8 Å². The highest BCUT2D eigenvalue weighted by atomic mass is 32.2. The molecule has 1 aromatic carbocycles. The first kappa shape index (κ1) is 25.2. The van der Waals surface area contributed by atoms with E-state index < -0.39 is 4.75 Å². The number of anilines is 1. The molecule has 0 saturated carbocycles. The van der Waals surface area contributed by atoms with Crippen molar-refractivity contribution in [2.75, 3.05) is 37.8 Å². The van der Waals surface area contributed by atoms with E-state index >= 15 is 0 Å². The summed E-state index contributed by atoms with van der Waals surface area (Å²) in [4.78, 5) is 36.4. The van der Waals surface area contributed by atoms with Gasteiger partial charge in [0.25, 0.3) is 0 Å². The van der Waals surface area contributed by atoms with Gasteiger partial charge in [0.15, 0.2) is 0 Å². The third-order valence-electron chi connectivity index (χ3n) is 6.17. The van der Waals surface area contributed by atoms with Crippen LogP contribution in [0, 0.1) is 0 Å². The van der Waals surface area contributed by atoms with Crippen LogP contribution in [-0.2, 0) is 20.9 Å². The zero-order chi connectivity index (χ0) is 25.0. The molecule has 2 aromatic rings. The average Bonchev–Trinajstić information content (AvgIpc) is 3.44. The molecule has 0 unspecified atom stereocenters. The second-order valence-electron chi connectivity index (χ2n) is 9.01. The SMILES string of the molecule is CCOC(=O)CN1CC[C@@](SC)(C(=O)Nc2ccc3c(c2)C(c2ccc(OC(C)C)nc2)=NC3)C1. The maximum Gasteiger partial charge on any atom is 0.320 e. The summed E-state index contributed by atoms with van der Waals surface area (Å²) in [5.41, 5.74) is 4.61. The van der Waals surface area contributed by atoms with Crippen molar-refractivity contribution in [1.29, 1.82) is 0 Å². The lowest BCUT2D eigenvalue weighted by molar-refractivity contribution is -0.144. The molecule has 1 amide bonds. The predicted octanol–water partition coefficient (Wildman–Crippen LogP) is 3.53. The van der Waals surface area contributed by atoms with Gasteiger partial charge in [-0.15, -0.1) is 11.8 Å². The Morgan fingerprint density at radius 2 is 2.09 bits per heavy atom. The van der Waals surface area contributed by atoms with Gasteiger partial charge in [-0.25, -0.2) is 4.98 Å². The van der Waals surface area contributed by atoms with Gasteiger partial charge in [0.1, 0.15) is 4.75 Å². The van der Waals surface area contributed by atoms with Crippen molar-refractivity contribution in [3.63, 3.8) is 0 Å². The smallest absolute Gasteiger partial charge is 0.320 e. The Morgan fingerprint density at radius 3 is 2.77 bits per heavy atom. The summed E-state index contributed by atoms with van der Waals surface area (Å²) >= 11 is 1.53. The molecule has 1 N–H and O–H groups in total. The van der Waals surface area contributed by atoms with Crippen molar-refractivity contribution >= 4 is 35.0 Å². The van der Waals surface area contributed by atoms with Crippen LogP contribution in [0.2, 0.25) is 0 Å². The minimum Gasteiger partial charge on any atom is -0.475 e. The fourth-order valence-electron chi connectivity index (χ4n) is 4.41. The van der Waals surface area contributed by atoms with Gasteiger partial charge in [0.2, 0.25) is 11.8 Å². The van der Waals surface area contributed by atoms with E-state index in [1.54, 1.807) is 13.1 Å². The molecule has 0 radical (unpaired) electrons. The number of amides is 1. The number of likely N-dealkylation sites (tertiary alicyclic amines) is 1. The number of rotatable bonds is 9. The molecule has 4 rings (SSSR count). The van der Waals surface area contributed by atoms with Crippen LogP contribution in [0.25, 0.3) is 0 Å². The highest BCUT2D eigenvalue weighted by molar-refractivity contribution is 8.00. The van der Waals surface area contributed by atoms with Gasteiger partial charge in [0.05, 0.1) is 31.5 Å². The molecule has 8 nitrogen and oxygen atoms in total. The van der Waals surface area contributed by atoms with Gasteiger partial charge in [-0.1, -0.05) is 6.07 Å². The van der Waals surface area contributed by atoms with Crippen LogP contribution in [0.15, 0.2) is 41.5 Å². The van der Waals surface area contributed by atoms with Crippen molar-refractivity contribution in [1.82, 2.24) is 9.88 Å². The largest absolute Gasteiger partial charge is 0.475 e. The van der Waals surface area contributed by atoms with Crippen molar-refractivity contribution in [3.05, 3.63) is 53.2 Å². The van der Waals surface area contributed by atoms with E-state index in [1.165, 1.54) is 11.8 Å². The van der Waals surface area contributed by atoms with E-state index in [4.69, 9.17) is 14.5 Å². The number of nitrogens with one attached hydrogen (secondary N) is 1. The summed E-state index contributed by atoms with van der Waals surface area (Å²) in [5, 5.41) is 3.11. The van der Waals surface area contributed by atoms with Gasteiger partial charge in [0, 0.05) is 42.2 Å². The average molecular weight is 497 g/mol. The molecule has 1 aromatic heterocycles. The summed E-state index contributed by atoms with van der Waals surface area (Å²) in [6.07, 6.45) is 4.45. The number of pyridine rings is 1. The molecule has 35 heavy (non-hydrogen) atoms. The van der Waals surface area contributed by atoms with Crippen molar-refractivity contribution in [3.8, 4) is 5.88 Å². The van der Waals surface area contributed by atoms with E-state index in [0.29, 0.717) is 38.5 Å². The molecule has 3 heterocycles. The molecule has 1 fully saturated rings. The minimum atomic E-state index is -0.613. The molecule has 0 spiro atoms. The summed E-state index contributed by atoms with van der Waals surface area (Å²) < 4.78 is 10.1. The molecule has 1 saturated heterocycles. The Kier molecular flexibility index (Phi) is 7.76. The number of carbonyl (C=O) groups excluding carboxylic acids is 2. The van der Waals surface area contributed by atoms with Crippen molar-refractivity contribution in [2.45, 2.75) is 44.6 Å². The third-order valence-corrected chi connectivity index (χ3v) is 7.47. The van der Waals surface area contributed by atoms with E-state index in [0.717, 1.165) is 28.1 Å². The number of benzene rings is 1. The first-order valence-corrected chi connectivity index (χ1v) is 13.1. The summed E-state index contributed by atoms with van der Waals surface area (Å²) in [5.74, 6) is 0.276. The Balaban J connectivity index is 1.46. The quantitative estimate of drug-likeness (QED) is 0.531. The molecular weight excluding hydrogens is 464 g/mol. The number of fused-ring (bicyclic) bond motifs is 1. The predicted molar refractivity (Wildman–Crippen MR) is 138 cm³/mol. The highest BCUT2D eigenvalue weighted by Crippen LogP contribution is 2.35. The number of aliphatic imine (C=N–C) groups is 1. The lowest BCUT2D eigenvalue weighted by atomic mass is 10.00. The summed E-state index contributed by atoms with van der Waals surface area (Å²) in [6, 6.07) is 9.73. The summed E-state index contributed by atoms with van der Waals surface area (Å²) in [7, 11) is 0. The number of esters is 1. The fraction of sp³-hybridized carbons (Fsp3) is 0.462. The van der Waals surface area contributed by atoms with Gasteiger partial charge in [-0.2, -0.15) is 0 Å². The number of aromatic nitrogens is 1. The van der Waals surface area contributed by atoms with Crippen molar-refractivity contribution < 1.29 is 19.1 Å². The van der Waals surface area contributed by atoms with E-state index in [-0.39, 0.29) is 24.5 Å². The highest BCUT2D eigenvalue weighted by Gasteiger charge is 2.44. The number of hydrogen-bond acceptors (Lipinski definition) is 8.